The number of ether oxygens (including phenoxy) is 2. The Labute approximate surface area is 118 Å². The van der Waals surface area contributed by atoms with Crippen LogP contribution in [0, 0.1) is 13.8 Å². The van der Waals surface area contributed by atoms with Gasteiger partial charge in [0, 0.05) is 5.88 Å². The molecule has 0 aliphatic carbocycles. The van der Waals surface area contributed by atoms with E-state index in [4.69, 9.17) is 21.1 Å². The van der Waals surface area contributed by atoms with Gasteiger partial charge >= 0.3 is 0 Å². The molecular weight excluding hydrogens is 260 g/mol. The summed E-state index contributed by atoms with van der Waals surface area (Å²) in [7, 11) is 1.64. The summed E-state index contributed by atoms with van der Waals surface area (Å²) in [6, 6.07) is 11.8. The first-order valence-corrected chi connectivity index (χ1v) is 6.65. The van der Waals surface area contributed by atoms with Gasteiger partial charge in [-0.05, 0) is 54.8 Å². The topological polar surface area (TPSA) is 18.5 Å². The largest absolute Gasteiger partial charge is 0.493 e. The van der Waals surface area contributed by atoms with Gasteiger partial charge in [-0.2, -0.15) is 0 Å². The Morgan fingerprint density at radius 3 is 2.42 bits per heavy atom. The number of rotatable bonds is 4. The van der Waals surface area contributed by atoms with E-state index in [1.807, 2.05) is 50.2 Å². The molecule has 2 nitrogen and oxygen atoms in total. The molecule has 2 rings (SSSR count). The summed E-state index contributed by atoms with van der Waals surface area (Å²) in [6.07, 6.45) is 0. The van der Waals surface area contributed by atoms with Crippen LogP contribution in [0.2, 0.25) is 0 Å². The van der Waals surface area contributed by atoms with E-state index in [1.54, 1.807) is 7.11 Å². The normalized spacial score (nSPS) is 10.3. The number of benzene rings is 2. The van der Waals surface area contributed by atoms with Crippen LogP contribution in [0.3, 0.4) is 0 Å². The molecule has 0 aliphatic rings. The van der Waals surface area contributed by atoms with Crippen LogP contribution in [0.15, 0.2) is 36.4 Å². The van der Waals surface area contributed by atoms with Crippen molar-refractivity contribution in [1.29, 1.82) is 0 Å². The molecular formula is C16H17ClO2. The molecule has 0 bridgehead atoms. The Kier molecular flexibility index (Phi) is 4.33. The molecule has 0 aliphatic heterocycles. The fourth-order valence-electron chi connectivity index (χ4n) is 1.87. The molecule has 0 amide bonds. The lowest BCUT2D eigenvalue weighted by Gasteiger charge is -2.12. The summed E-state index contributed by atoms with van der Waals surface area (Å²) in [4.78, 5) is 0. The summed E-state index contributed by atoms with van der Waals surface area (Å²) in [5, 5.41) is 0. The van der Waals surface area contributed by atoms with Gasteiger partial charge in [0.2, 0.25) is 0 Å². The second-order valence-electron chi connectivity index (χ2n) is 4.48. The predicted octanol–water partition coefficient (Wildman–Crippen LogP) is 4.84. The fraction of sp³-hybridized carbons (Fsp3) is 0.250. The lowest BCUT2D eigenvalue weighted by atomic mass is 10.1. The molecule has 0 radical (unpaired) electrons. The molecule has 100 valence electrons. The lowest BCUT2D eigenvalue weighted by molar-refractivity contribution is 0.378. The van der Waals surface area contributed by atoms with Gasteiger partial charge in [-0.15, -0.1) is 11.6 Å². The summed E-state index contributed by atoms with van der Waals surface area (Å²) >= 11 is 5.85. The summed E-state index contributed by atoms with van der Waals surface area (Å²) in [5.41, 5.74) is 3.38. The number of hydrogen-bond donors (Lipinski definition) is 0. The summed E-state index contributed by atoms with van der Waals surface area (Å²) < 4.78 is 11.2. The van der Waals surface area contributed by atoms with Crippen LogP contribution in [-0.2, 0) is 5.88 Å². The Balaban J connectivity index is 2.28. The highest BCUT2D eigenvalue weighted by Gasteiger charge is 2.07. The van der Waals surface area contributed by atoms with E-state index in [2.05, 4.69) is 0 Å². The first-order chi connectivity index (χ1) is 9.13. The van der Waals surface area contributed by atoms with Gasteiger partial charge in [0.25, 0.3) is 0 Å². The monoisotopic (exact) mass is 276 g/mol. The van der Waals surface area contributed by atoms with Crippen LogP contribution in [0.1, 0.15) is 16.7 Å². The third-order valence-electron chi connectivity index (χ3n) is 3.00. The zero-order valence-corrected chi connectivity index (χ0v) is 12.1. The van der Waals surface area contributed by atoms with Gasteiger partial charge < -0.3 is 9.47 Å². The van der Waals surface area contributed by atoms with E-state index in [0.717, 1.165) is 28.2 Å². The van der Waals surface area contributed by atoms with Crippen molar-refractivity contribution in [1.82, 2.24) is 0 Å². The van der Waals surface area contributed by atoms with Crippen molar-refractivity contribution >= 4 is 11.6 Å². The smallest absolute Gasteiger partial charge is 0.169 e. The first-order valence-electron chi connectivity index (χ1n) is 6.12. The minimum Gasteiger partial charge on any atom is -0.493 e. The Hall–Kier alpha value is -1.67. The minimum absolute atomic E-state index is 0.514. The highest BCUT2D eigenvalue weighted by molar-refractivity contribution is 6.17. The van der Waals surface area contributed by atoms with Crippen LogP contribution in [0.4, 0.5) is 0 Å². The molecule has 0 heterocycles. The highest BCUT2D eigenvalue weighted by Crippen LogP contribution is 2.32. The van der Waals surface area contributed by atoms with E-state index >= 15 is 0 Å². The van der Waals surface area contributed by atoms with E-state index < -0.39 is 0 Å². The second-order valence-corrected chi connectivity index (χ2v) is 4.75. The first kappa shape index (κ1) is 13.8. The van der Waals surface area contributed by atoms with Crippen LogP contribution in [-0.4, -0.2) is 7.11 Å². The number of alkyl halides is 1. The van der Waals surface area contributed by atoms with Crippen molar-refractivity contribution in [3.8, 4) is 17.2 Å². The fourth-order valence-corrected chi connectivity index (χ4v) is 2.17. The van der Waals surface area contributed by atoms with Gasteiger partial charge in [-0.25, -0.2) is 0 Å². The van der Waals surface area contributed by atoms with Gasteiger partial charge in [0.1, 0.15) is 5.75 Å². The summed E-state index contributed by atoms with van der Waals surface area (Å²) in [5.74, 6) is 2.75. The maximum Gasteiger partial charge on any atom is 0.169 e. The molecule has 0 saturated heterocycles. The van der Waals surface area contributed by atoms with Crippen molar-refractivity contribution in [2.24, 2.45) is 0 Å². The number of halogens is 1. The third kappa shape index (κ3) is 3.21. The van der Waals surface area contributed by atoms with Crippen LogP contribution in [0.25, 0.3) is 0 Å². The van der Waals surface area contributed by atoms with Crippen molar-refractivity contribution in [2.75, 3.05) is 7.11 Å². The van der Waals surface area contributed by atoms with E-state index in [1.165, 1.54) is 0 Å². The molecule has 19 heavy (non-hydrogen) atoms. The molecule has 0 N–H and O–H groups in total. The molecule has 0 aromatic heterocycles. The highest BCUT2D eigenvalue weighted by atomic mass is 35.5. The average Bonchev–Trinajstić information content (AvgIpc) is 2.41. The Morgan fingerprint density at radius 1 is 1.00 bits per heavy atom. The molecule has 2 aromatic rings. The van der Waals surface area contributed by atoms with Gasteiger partial charge in [0.15, 0.2) is 11.5 Å². The van der Waals surface area contributed by atoms with E-state index in [-0.39, 0.29) is 0 Å². The standard InChI is InChI=1S/C16H17ClO2/c1-11-4-7-15(16(8-11)18-3)19-14-6-5-13(10-17)12(2)9-14/h4-9H,10H2,1-3H3. The second kappa shape index (κ2) is 5.98. The molecule has 0 fully saturated rings. The van der Waals surface area contributed by atoms with Crippen molar-refractivity contribution in [3.05, 3.63) is 53.1 Å². The molecule has 0 unspecified atom stereocenters. The quantitative estimate of drug-likeness (QED) is 0.744. The average molecular weight is 277 g/mol. The Bertz CT molecular complexity index is 579. The van der Waals surface area contributed by atoms with Crippen molar-refractivity contribution in [2.45, 2.75) is 19.7 Å². The zero-order valence-electron chi connectivity index (χ0n) is 11.4. The van der Waals surface area contributed by atoms with Crippen LogP contribution < -0.4 is 9.47 Å². The van der Waals surface area contributed by atoms with E-state index in [9.17, 15) is 0 Å². The van der Waals surface area contributed by atoms with Crippen LogP contribution >= 0.6 is 11.6 Å². The minimum atomic E-state index is 0.514. The van der Waals surface area contributed by atoms with Crippen LogP contribution in [0.5, 0.6) is 17.2 Å². The number of aryl methyl sites for hydroxylation is 2. The molecule has 0 atom stereocenters. The van der Waals surface area contributed by atoms with Crippen molar-refractivity contribution < 1.29 is 9.47 Å². The Morgan fingerprint density at radius 2 is 1.79 bits per heavy atom. The molecule has 2 aromatic carbocycles. The summed E-state index contributed by atoms with van der Waals surface area (Å²) in [6.45, 7) is 4.04. The maximum atomic E-state index is 5.87. The van der Waals surface area contributed by atoms with Gasteiger partial charge in [-0.3, -0.25) is 0 Å². The lowest BCUT2D eigenvalue weighted by Crippen LogP contribution is -1.92. The number of hydrogen-bond acceptors (Lipinski definition) is 2. The molecule has 3 heteroatoms. The third-order valence-corrected chi connectivity index (χ3v) is 3.29. The molecule has 0 spiro atoms. The van der Waals surface area contributed by atoms with Gasteiger partial charge in [0.05, 0.1) is 7.11 Å². The van der Waals surface area contributed by atoms with Crippen molar-refractivity contribution in [3.63, 3.8) is 0 Å². The molecule has 0 saturated carbocycles. The SMILES string of the molecule is COc1cc(C)ccc1Oc1ccc(CCl)c(C)c1. The zero-order chi connectivity index (χ0) is 13.8. The number of methoxy groups -OCH3 is 1. The predicted molar refractivity (Wildman–Crippen MR) is 78.5 cm³/mol. The van der Waals surface area contributed by atoms with Gasteiger partial charge in [-0.1, -0.05) is 12.1 Å². The van der Waals surface area contributed by atoms with E-state index in [0.29, 0.717) is 11.6 Å². The maximum absolute atomic E-state index is 5.87.